The molecule has 1 N–H and O–H groups in total. The van der Waals surface area contributed by atoms with Crippen molar-refractivity contribution in [1.82, 2.24) is 20.1 Å². The van der Waals surface area contributed by atoms with Crippen LogP contribution in [0.15, 0.2) is 18.3 Å². The van der Waals surface area contributed by atoms with Gasteiger partial charge in [-0.1, -0.05) is 25.7 Å². The highest BCUT2D eigenvalue weighted by Crippen LogP contribution is 2.30. The van der Waals surface area contributed by atoms with Crippen LogP contribution < -0.4 is 4.90 Å². The van der Waals surface area contributed by atoms with E-state index in [-0.39, 0.29) is 18.2 Å². The average Bonchev–Trinajstić information content (AvgIpc) is 3.56. The van der Waals surface area contributed by atoms with Crippen LogP contribution in [0.3, 0.4) is 0 Å². The molecule has 1 aromatic rings. The van der Waals surface area contributed by atoms with Crippen LogP contribution in [0.4, 0.5) is 5.82 Å². The highest BCUT2D eigenvalue weighted by atomic mass is 16.5. The molecule has 0 bridgehead atoms. The molecule has 1 atom stereocenters. The number of ether oxygens (including phenoxy) is 1. The molecule has 0 spiro atoms. The minimum Gasteiger partial charge on any atom is -0.378 e. The topological polar surface area (TPSA) is 107 Å². The van der Waals surface area contributed by atoms with Gasteiger partial charge in [-0.2, -0.15) is 0 Å². The zero-order valence-corrected chi connectivity index (χ0v) is 19.0. The number of pyridine rings is 1. The molecule has 1 aliphatic carbocycles. The summed E-state index contributed by atoms with van der Waals surface area (Å²) in [5.74, 6) is 0.675. The predicted octanol–water partition coefficient (Wildman–Crippen LogP) is 1.69. The van der Waals surface area contributed by atoms with E-state index in [2.05, 4.69) is 9.88 Å². The fourth-order valence-electron chi connectivity index (χ4n) is 5.03. The molecule has 33 heavy (non-hydrogen) atoms. The van der Waals surface area contributed by atoms with Gasteiger partial charge in [0, 0.05) is 32.4 Å². The van der Waals surface area contributed by atoms with Crippen LogP contribution in [-0.4, -0.2) is 88.9 Å². The molecule has 3 amide bonds. The van der Waals surface area contributed by atoms with Gasteiger partial charge < -0.3 is 9.64 Å². The van der Waals surface area contributed by atoms with Gasteiger partial charge in [0.2, 0.25) is 12.3 Å². The minimum absolute atomic E-state index is 0.0102. The Labute approximate surface area is 194 Å². The van der Waals surface area contributed by atoms with E-state index in [1.54, 1.807) is 12.3 Å². The standard InChI is InChI=1S/C23H33N5O5/c29-17-28(32)20(14-18-4-1-2-5-18)15-22(30)26-8-3-9-27(26)23(31)19-6-7-21(24-16-19)25-10-12-33-13-11-25/h6-7,16-18,20,32H,1-5,8-15H2. The maximum atomic E-state index is 13.1. The van der Waals surface area contributed by atoms with Crippen molar-refractivity contribution in [3.63, 3.8) is 0 Å². The van der Waals surface area contributed by atoms with Gasteiger partial charge >= 0.3 is 0 Å². The summed E-state index contributed by atoms with van der Waals surface area (Å²) in [7, 11) is 0. The molecule has 180 valence electrons. The van der Waals surface area contributed by atoms with Gasteiger partial charge in [0.15, 0.2) is 0 Å². The second kappa shape index (κ2) is 10.9. The minimum atomic E-state index is -0.579. The summed E-state index contributed by atoms with van der Waals surface area (Å²) in [6, 6.07) is 2.99. The van der Waals surface area contributed by atoms with Crippen LogP contribution in [0.1, 0.15) is 55.3 Å². The number of nitrogens with zero attached hydrogens (tertiary/aromatic N) is 5. The van der Waals surface area contributed by atoms with Crippen molar-refractivity contribution in [2.45, 2.75) is 51.0 Å². The molecule has 4 rings (SSSR count). The summed E-state index contributed by atoms with van der Waals surface area (Å²) in [4.78, 5) is 44.0. The molecule has 2 aliphatic heterocycles. The molecule has 1 unspecified atom stereocenters. The number of rotatable bonds is 8. The molecule has 3 fully saturated rings. The van der Waals surface area contributed by atoms with Crippen molar-refractivity contribution in [3.05, 3.63) is 23.9 Å². The van der Waals surface area contributed by atoms with Gasteiger partial charge in [0.1, 0.15) is 5.82 Å². The number of morpholine rings is 1. The number of carbonyl (C=O) groups is 3. The van der Waals surface area contributed by atoms with Crippen LogP contribution in [0.5, 0.6) is 0 Å². The Balaban J connectivity index is 1.39. The Morgan fingerprint density at radius 2 is 1.85 bits per heavy atom. The van der Waals surface area contributed by atoms with Gasteiger partial charge in [-0.25, -0.2) is 15.1 Å². The Hall–Kier alpha value is -2.72. The Morgan fingerprint density at radius 1 is 1.12 bits per heavy atom. The lowest BCUT2D eigenvalue weighted by Crippen LogP contribution is -2.47. The van der Waals surface area contributed by atoms with Crippen LogP contribution >= 0.6 is 0 Å². The lowest BCUT2D eigenvalue weighted by Gasteiger charge is -2.31. The molecule has 1 saturated carbocycles. The first-order valence-electron chi connectivity index (χ1n) is 11.9. The first kappa shape index (κ1) is 23.4. The van der Waals surface area contributed by atoms with E-state index in [0.717, 1.165) is 44.6 Å². The molecule has 2 saturated heterocycles. The largest absolute Gasteiger partial charge is 0.378 e. The van der Waals surface area contributed by atoms with Gasteiger partial charge in [-0.3, -0.25) is 24.6 Å². The van der Waals surface area contributed by atoms with Gasteiger partial charge in [0.05, 0.1) is 31.2 Å². The monoisotopic (exact) mass is 459 g/mol. The molecule has 3 heterocycles. The third-order valence-electron chi connectivity index (χ3n) is 6.86. The number of hydrazine groups is 1. The summed E-state index contributed by atoms with van der Waals surface area (Å²) in [6.45, 7) is 3.72. The van der Waals surface area contributed by atoms with E-state index in [1.807, 2.05) is 6.07 Å². The Kier molecular flexibility index (Phi) is 7.77. The molecule has 10 nitrogen and oxygen atoms in total. The van der Waals surface area contributed by atoms with Crippen molar-refractivity contribution in [3.8, 4) is 0 Å². The highest BCUT2D eigenvalue weighted by molar-refractivity contribution is 5.95. The van der Waals surface area contributed by atoms with Crippen LogP contribution in [-0.2, 0) is 14.3 Å². The molecule has 3 aliphatic rings. The molecular formula is C23H33N5O5. The number of hydrogen-bond donors (Lipinski definition) is 1. The van der Waals surface area contributed by atoms with Crippen LogP contribution in [0.2, 0.25) is 0 Å². The second-order valence-corrected chi connectivity index (χ2v) is 9.03. The van der Waals surface area contributed by atoms with Gasteiger partial charge in [-0.05, 0) is 30.9 Å². The van der Waals surface area contributed by atoms with Crippen molar-refractivity contribution in [2.75, 3.05) is 44.3 Å². The van der Waals surface area contributed by atoms with E-state index in [9.17, 15) is 19.6 Å². The number of aromatic nitrogens is 1. The van der Waals surface area contributed by atoms with Crippen molar-refractivity contribution >= 4 is 24.0 Å². The molecule has 0 radical (unpaired) electrons. The quantitative estimate of drug-likeness (QED) is 0.358. The summed E-state index contributed by atoms with van der Waals surface area (Å²) in [6.07, 6.45) is 7.58. The molecular weight excluding hydrogens is 426 g/mol. The van der Waals surface area contributed by atoms with Crippen LogP contribution in [0, 0.1) is 5.92 Å². The number of amides is 3. The maximum absolute atomic E-state index is 13.1. The van der Waals surface area contributed by atoms with E-state index >= 15 is 0 Å². The normalized spacial score (nSPS) is 20.2. The molecule has 10 heteroatoms. The summed E-state index contributed by atoms with van der Waals surface area (Å²) < 4.78 is 5.37. The lowest BCUT2D eigenvalue weighted by atomic mass is 9.96. The first-order chi connectivity index (χ1) is 16.1. The Bertz CT molecular complexity index is 823. The van der Waals surface area contributed by atoms with Crippen molar-refractivity contribution in [2.24, 2.45) is 5.92 Å². The summed E-state index contributed by atoms with van der Waals surface area (Å²) in [5.41, 5.74) is 0.422. The fraction of sp³-hybridized carbons (Fsp3) is 0.652. The Morgan fingerprint density at radius 3 is 2.52 bits per heavy atom. The number of carbonyl (C=O) groups excluding carboxylic acids is 3. The van der Waals surface area contributed by atoms with Gasteiger partial charge in [0.25, 0.3) is 5.91 Å². The highest BCUT2D eigenvalue weighted by Gasteiger charge is 2.34. The second-order valence-electron chi connectivity index (χ2n) is 9.03. The van der Waals surface area contributed by atoms with E-state index in [4.69, 9.17) is 4.74 Å². The average molecular weight is 460 g/mol. The van der Waals surface area contributed by atoms with Gasteiger partial charge in [-0.15, -0.1) is 0 Å². The predicted molar refractivity (Wildman–Crippen MR) is 119 cm³/mol. The maximum Gasteiger partial charge on any atom is 0.274 e. The number of hydrogen-bond acceptors (Lipinski definition) is 7. The lowest BCUT2D eigenvalue weighted by molar-refractivity contribution is -0.166. The van der Waals surface area contributed by atoms with Crippen molar-refractivity contribution in [1.29, 1.82) is 0 Å². The smallest absolute Gasteiger partial charge is 0.274 e. The first-order valence-corrected chi connectivity index (χ1v) is 11.9. The molecule has 1 aromatic heterocycles. The number of anilines is 1. The SMILES string of the molecule is O=CN(O)C(CC(=O)N1CCCN1C(=O)c1ccc(N2CCOCC2)nc1)CC1CCCC1. The molecule has 0 aromatic carbocycles. The third kappa shape index (κ3) is 5.62. The zero-order valence-electron chi connectivity index (χ0n) is 19.0. The number of hydroxylamine groups is 2. The fourth-order valence-corrected chi connectivity index (χ4v) is 5.03. The summed E-state index contributed by atoms with van der Waals surface area (Å²) >= 11 is 0. The van der Waals surface area contributed by atoms with Crippen LogP contribution in [0.25, 0.3) is 0 Å². The van der Waals surface area contributed by atoms with E-state index in [1.165, 1.54) is 10.0 Å². The summed E-state index contributed by atoms with van der Waals surface area (Å²) in [5, 5.41) is 13.6. The van der Waals surface area contributed by atoms with E-state index in [0.29, 0.717) is 62.1 Å². The van der Waals surface area contributed by atoms with E-state index < -0.39 is 6.04 Å². The zero-order chi connectivity index (χ0) is 23.2. The third-order valence-corrected chi connectivity index (χ3v) is 6.86. The van der Waals surface area contributed by atoms with Crippen molar-refractivity contribution < 1.29 is 24.3 Å².